The fraction of sp³-hybridized carbons (Fsp3) is 0. The van der Waals surface area contributed by atoms with Crippen molar-refractivity contribution in [3.05, 3.63) is 47.1 Å². The Morgan fingerprint density at radius 3 is 2.80 bits per heavy atom. The van der Waals surface area contributed by atoms with Crippen LogP contribution in [-0.2, 0) is 0 Å². The summed E-state index contributed by atoms with van der Waals surface area (Å²) in [4.78, 5) is 7.73. The van der Waals surface area contributed by atoms with Crippen LogP contribution >= 0.6 is 15.9 Å². The Hall–Kier alpha value is -1.49. The van der Waals surface area contributed by atoms with Crippen molar-refractivity contribution in [1.82, 2.24) is 9.97 Å². The minimum absolute atomic E-state index is 0.347. The SMILES string of the molecule is Fc1cccc(Oc2cc(Br)ncn2)c1. The maximum Gasteiger partial charge on any atom is 0.223 e. The minimum atomic E-state index is -0.347. The molecule has 0 aliphatic carbocycles. The van der Waals surface area contributed by atoms with Gasteiger partial charge < -0.3 is 4.74 Å². The third-order valence-corrected chi connectivity index (χ3v) is 2.06. The van der Waals surface area contributed by atoms with Crippen LogP contribution in [0.15, 0.2) is 41.3 Å². The fourth-order valence-corrected chi connectivity index (χ4v) is 1.31. The summed E-state index contributed by atoms with van der Waals surface area (Å²) in [5.41, 5.74) is 0. The first-order valence-corrected chi connectivity index (χ1v) is 4.94. The molecule has 2 aromatic rings. The number of hydrogen-bond donors (Lipinski definition) is 0. The third kappa shape index (κ3) is 2.73. The smallest absolute Gasteiger partial charge is 0.223 e. The molecule has 0 amide bonds. The molecule has 0 unspecified atom stereocenters. The van der Waals surface area contributed by atoms with Gasteiger partial charge in [-0.15, -0.1) is 0 Å². The highest BCUT2D eigenvalue weighted by atomic mass is 79.9. The highest BCUT2D eigenvalue weighted by Crippen LogP contribution is 2.21. The average Bonchev–Trinajstić information content (AvgIpc) is 2.17. The van der Waals surface area contributed by atoms with Crippen molar-refractivity contribution in [2.24, 2.45) is 0 Å². The standard InChI is InChI=1S/C10H6BrFN2O/c11-9-5-10(14-6-13-9)15-8-3-1-2-7(12)4-8/h1-6H. The number of ether oxygens (including phenoxy) is 1. The normalized spacial score (nSPS) is 10.0. The van der Waals surface area contributed by atoms with Crippen molar-refractivity contribution in [2.45, 2.75) is 0 Å². The second-order valence-electron chi connectivity index (χ2n) is 2.74. The Balaban J connectivity index is 2.22. The molecule has 15 heavy (non-hydrogen) atoms. The highest BCUT2D eigenvalue weighted by Gasteiger charge is 2.00. The molecule has 0 aliphatic rings. The van der Waals surface area contributed by atoms with Crippen LogP contribution in [-0.4, -0.2) is 9.97 Å². The van der Waals surface area contributed by atoms with Gasteiger partial charge in [0.05, 0.1) is 0 Å². The molecule has 5 heteroatoms. The van der Waals surface area contributed by atoms with E-state index in [0.29, 0.717) is 16.2 Å². The maximum absolute atomic E-state index is 12.8. The predicted molar refractivity (Wildman–Crippen MR) is 56.2 cm³/mol. The molecule has 0 bridgehead atoms. The van der Waals surface area contributed by atoms with Gasteiger partial charge in [-0.05, 0) is 28.1 Å². The lowest BCUT2D eigenvalue weighted by Gasteiger charge is -2.03. The van der Waals surface area contributed by atoms with E-state index in [-0.39, 0.29) is 5.82 Å². The number of rotatable bonds is 2. The van der Waals surface area contributed by atoms with Gasteiger partial charge in [0.15, 0.2) is 0 Å². The zero-order valence-electron chi connectivity index (χ0n) is 7.52. The Labute approximate surface area is 94.1 Å². The van der Waals surface area contributed by atoms with Crippen LogP contribution in [0.1, 0.15) is 0 Å². The molecule has 0 aliphatic heterocycles. The first-order chi connectivity index (χ1) is 7.24. The van der Waals surface area contributed by atoms with E-state index in [2.05, 4.69) is 25.9 Å². The van der Waals surface area contributed by atoms with Crippen LogP contribution < -0.4 is 4.74 Å². The van der Waals surface area contributed by atoms with Gasteiger partial charge in [-0.3, -0.25) is 0 Å². The number of halogens is 2. The van der Waals surface area contributed by atoms with E-state index in [1.807, 2.05) is 0 Å². The first kappa shape index (κ1) is 10.0. The molecule has 0 saturated heterocycles. The van der Waals surface area contributed by atoms with Crippen molar-refractivity contribution in [3.63, 3.8) is 0 Å². The van der Waals surface area contributed by atoms with Gasteiger partial charge in [-0.25, -0.2) is 14.4 Å². The van der Waals surface area contributed by atoms with Crippen LogP contribution in [0.5, 0.6) is 11.6 Å². The van der Waals surface area contributed by atoms with E-state index in [1.54, 1.807) is 18.2 Å². The monoisotopic (exact) mass is 268 g/mol. The minimum Gasteiger partial charge on any atom is -0.439 e. The number of nitrogens with zero attached hydrogens (tertiary/aromatic N) is 2. The zero-order valence-corrected chi connectivity index (χ0v) is 9.11. The van der Waals surface area contributed by atoms with Gasteiger partial charge in [-0.1, -0.05) is 6.07 Å². The molecule has 0 atom stereocenters. The van der Waals surface area contributed by atoms with Crippen molar-refractivity contribution >= 4 is 15.9 Å². The third-order valence-electron chi connectivity index (χ3n) is 1.63. The molecular formula is C10H6BrFN2O. The van der Waals surface area contributed by atoms with Gasteiger partial charge in [0, 0.05) is 12.1 Å². The Kier molecular flexibility index (Phi) is 2.91. The summed E-state index contributed by atoms with van der Waals surface area (Å²) in [7, 11) is 0. The Morgan fingerprint density at radius 2 is 2.07 bits per heavy atom. The lowest BCUT2D eigenvalue weighted by Crippen LogP contribution is -1.89. The fourth-order valence-electron chi connectivity index (χ4n) is 1.02. The lowest BCUT2D eigenvalue weighted by molar-refractivity contribution is 0.456. The molecule has 0 radical (unpaired) electrons. The van der Waals surface area contributed by atoms with Crippen LogP contribution in [0.25, 0.3) is 0 Å². The summed E-state index contributed by atoms with van der Waals surface area (Å²) in [5.74, 6) is 0.420. The number of benzene rings is 1. The summed E-state index contributed by atoms with van der Waals surface area (Å²) in [6, 6.07) is 7.46. The van der Waals surface area contributed by atoms with Gasteiger partial charge in [0.2, 0.25) is 5.88 Å². The van der Waals surface area contributed by atoms with Crippen molar-refractivity contribution in [1.29, 1.82) is 0 Å². The second-order valence-corrected chi connectivity index (χ2v) is 3.55. The van der Waals surface area contributed by atoms with E-state index >= 15 is 0 Å². The molecule has 0 N–H and O–H groups in total. The Bertz CT molecular complexity index is 435. The summed E-state index contributed by atoms with van der Waals surface area (Å²) in [6.45, 7) is 0. The van der Waals surface area contributed by atoms with Crippen LogP contribution in [0.3, 0.4) is 0 Å². The number of hydrogen-bond acceptors (Lipinski definition) is 3. The topological polar surface area (TPSA) is 35.0 Å². The van der Waals surface area contributed by atoms with Gasteiger partial charge in [-0.2, -0.15) is 0 Å². The summed E-state index contributed by atoms with van der Waals surface area (Å²) < 4.78 is 18.8. The quantitative estimate of drug-likeness (QED) is 0.785. The average molecular weight is 269 g/mol. The van der Waals surface area contributed by atoms with Gasteiger partial charge in [0.1, 0.15) is 22.5 Å². The van der Waals surface area contributed by atoms with Crippen LogP contribution in [0.2, 0.25) is 0 Å². The lowest BCUT2D eigenvalue weighted by atomic mass is 10.3. The molecule has 1 aromatic carbocycles. The molecule has 0 fully saturated rings. The van der Waals surface area contributed by atoms with Crippen molar-refractivity contribution in [2.75, 3.05) is 0 Å². The number of aromatic nitrogens is 2. The van der Waals surface area contributed by atoms with E-state index in [9.17, 15) is 4.39 Å². The predicted octanol–water partition coefficient (Wildman–Crippen LogP) is 3.17. The van der Waals surface area contributed by atoms with Crippen molar-refractivity contribution in [3.8, 4) is 11.6 Å². The molecular weight excluding hydrogens is 263 g/mol. The largest absolute Gasteiger partial charge is 0.439 e. The summed E-state index contributed by atoms with van der Waals surface area (Å²) in [5, 5.41) is 0. The Morgan fingerprint density at radius 1 is 1.20 bits per heavy atom. The van der Waals surface area contributed by atoms with E-state index in [4.69, 9.17) is 4.74 Å². The van der Waals surface area contributed by atoms with Crippen molar-refractivity contribution < 1.29 is 9.13 Å². The molecule has 2 rings (SSSR count). The van der Waals surface area contributed by atoms with E-state index in [1.165, 1.54) is 18.5 Å². The molecule has 0 saturated carbocycles. The van der Waals surface area contributed by atoms with E-state index < -0.39 is 0 Å². The molecule has 1 aromatic heterocycles. The zero-order chi connectivity index (χ0) is 10.7. The first-order valence-electron chi connectivity index (χ1n) is 4.15. The second kappa shape index (κ2) is 4.35. The van der Waals surface area contributed by atoms with E-state index in [0.717, 1.165) is 0 Å². The van der Waals surface area contributed by atoms with Crippen LogP contribution in [0.4, 0.5) is 4.39 Å². The molecule has 1 heterocycles. The molecule has 76 valence electrons. The van der Waals surface area contributed by atoms with Crippen LogP contribution in [0, 0.1) is 5.82 Å². The van der Waals surface area contributed by atoms with Gasteiger partial charge >= 0.3 is 0 Å². The maximum atomic E-state index is 12.8. The van der Waals surface area contributed by atoms with Gasteiger partial charge in [0.25, 0.3) is 0 Å². The molecule has 3 nitrogen and oxygen atoms in total. The summed E-state index contributed by atoms with van der Waals surface area (Å²) >= 11 is 3.18. The highest BCUT2D eigenvalue weighted by molar-refractivity contribution is 9.10. The molecule has 0 spiro atoms. The summed E-state index contributed by atoms with van der Waals surface area (Å²) in [6.07, 6.45) is 1.36.